The highest BCUT2D eigenvalue weighted by molar-refractivity contribution is 9.09. The van der Waals surface area contributed by atoms with Crippen LogP contribution < -0.4 is 0 Å². The summed E-state index contributed by atoms with van der Waals surface area (Å²) >= 11 is 5.63. The number of thioether (sulfide) groups is 1. The topological polar surface area (TPSA) is 3.24 Å². The fourth-order valence-corrected chi connectivity index (χ4v) is 3.69. The number of nitrogens with zero attached hydrogens (tertiary/aromatic N) is 1. The lowest BCUT2D eigenvalue weighted by Crippen LogP contribution is -2.37. The standard InChI is InChI=1S/C11H22BrNS/c1-10(3-5-12)4-6-13-7-8-14-11(2)9-13/h10-11H,3-9H2,1-2H3. The highest BCUT2D eigenvalue weighted by atomic mass is 79.9. The molecule has 0 amide bonds. The van der Waals surface area contributed by atoms with Crippen molar-refractivity contribution in [1.29, 1.82) is 0 Å². The van der Waals surface area contributed by atoms with Crippen LogP contribution in [0.1, 0.15) is 26.7 Å². The lowest BCUT2D eigenvalue weighted by atomic mass is 10.1. The van der Waals surface area contributed by atoms with Crippen molar-refractivity contribution < 1.29 is 0 Å². The lowest BCUT2D eigenvalue weighted by molar-refractivity contribution is 0.264. The molecule has 1 nitrogen and oxygen atoms in total. The van der Waals surface area contributed by atoms with Gasteiger partial charge < -0.3 is 4.90 Å². The molecule has 0 saturated carbocycles. The first kappa shape index (κ1) is 12.9. The summed E-state index contributed by atoms with van der Waals surface area (Å²) in [6.45, 7) is 8.61. The minimum atomic E-state index is 0.843. The van der Waals surface area contributed by atoms with Gasteiger partial charge in [0.1, 0.15) is 0 Å². The Morgan fingerprint density at radius 2 is 2.29 bits per heavy atom. The minimum Gasteiger partial charge on any atom is -0.301 e. The van der Waals surface area contributed by atoms with Gasteiger partial charge in [0, 0.05) is 29.4 Å². The average molecular weight is 280 g/mol. The van der Waals surface area contributed by atoms with Crippen molar-refractivity contribution in [2.45, 2.75) is 31.9 Å². The van der Waals surface area contributed by atoms with Gasteiger partial charge in [0.15, 0.2) is 0 Å². The second-order valence-corrected chi connectivity index (χ2v) is 6.69. The van der Waals surface area contributed by atoms with Crippen LogP contribution in [0.25, 0.3) is 0 Å². The van der Waals surface area contributed by atoms with Gasteiger partial charge in [0.2, 0.25) is 0 Å². The molecule has 0 aromatic heterocycles. The van der Waals surface area contributed by atoms with Crippen LogP contribution in [0.2, 0.25) is 0 Å². The first-order valence-corrected chi connectivity index (χ1v) is 7.79. The number of hydrogen-bond acceptors (Lipinski definition) is 2. The molecular formula is C11H22BrNS. The van der Waals surface area contributed by atoms with E-state index in [4.69, 9.17) is 0 Å². The van der Waals surface area contributed by atoms with E-state index in [2.05, 4.69) is 46.4 Å². The van der Waals surface area contributed by atoms with Crippen molar-refractivity contribution in [2.24, 2.45) is 5.92 Å². The van der Waals surface area contributed by atoms with Crippen LogP contribution >= 0.6 is 27.7 Å². The second kappa shape index (κ2) is 7.13. The lowest BCUT2D eigenvalue weighted by Gasteiger charge is -2.31. The van der Waals surface area contributed by atoms with Crippen LogP contribution in [0.15, 0.2) is 0 Å². The van der Waals surface area contributed by atoms with E-state index in [0.717, 1.165) is 16.5 Å². The van der Waals surface area contributed by atoms with Crippen LogP contribution in [0, 0.1) is 5.92 Å². The van der Waals surface area contributed by atoms with E-state index in [1.807, 2.05) is 0 Å². The predicted octanol–water partition coefficient (Wildman–Crippen LogP) is 3.23. The molecule has 1 aliphatic heterocycles. The van der Waals surface area contributed by atoms with Crippen LogP contribution in [-0.4, -0.2) is 40.9 Å². The van der Waals surface area contributed by atoms with Gasteiger partial charge in [0.05, 0.1) is 0 Å². The molecule has 0 aliphatic carbocycles. The van der Waals surface area contributed by atoms with E-state index in [-0.39, 0.29) is 0 Å². The van der Waals surface area contributed by atoms with Gasteiger partial charge >= 0.3 is 0 Å². The van der Waals surface area contributed by atoms with Gasteiger partial charge in [-0.1, -0.05) is 29.8 Å². The van der Waals surface area contributed by atoms with Gasteiger partial charge in [-0.2, -0.15) is 11.8 Å². The van der Waals surface area contributed by atoms with Gasteiger partial charge in [-0.15, -0.1) is 0 Å². The maximum absolute atomic E-state index is 3.51. The normalized spacial score (nSPS) is 26.4. The molecule has 14 heavy (non-hydrogen) atoms. The summed E-state index contributed by atoms with van der Waals surface area (Å²) in [5.41, 5.74) is 0. The zero-order valence-corrected chi connectivity index (χ0v) is 11.7. The Kier molecular flexibility index (Phi) is 6.55. The van der Waals surface area contributed by atoms with Gasteiger partial charge in [-0.05, 0) is 25.3 Å². The first-order chi connectivity index (χ1) is 6.72. The zero-order valence-electron chi connectivity index (χ0n) is 9.34. The highest BCUT2D eigenvalue weighted by Gasteiger charge is 2.16. The van der Waals surface area contributed by atoms with Crippen LogP contribution in [-0.2, 0) is 0 Å². The van der Waals surface area contributed by atoms with Crippen LogP contribution in [0.4, 0.5) is 0 Å². The van der Waals surface area contributed by atoms with Crippen molar-refractivity contribution in [2.75, 3.05) is 30.7 Å². The molecule has 2 unspecified atom stereocenters. The number of hydrogen-bond donors (Lipinski definition) is 0. The molecule has 0 radical (unpaired) electrons. The molecule has 0 aromatic rings. The Morgan fingerprint density at radius 1 is 1.50 bits per heavy atom. The van der Waals surface area contributed by atoms with Crippen molar-refractivity contribution in [1.82, 2.24) is 4.90 Å². The number of alkyl halides is 1. The largest absolute Gasteiger partial charge is 0.301 e. The van der Waals surface area contributed by atoms with Crippen LogP contribution in [0.3, 0.4) is 0 Å². The minimum absolute atomic E-state index is 0.843. The molecule has 84 valence electrons. The quantitative estimate of drug-likeness (QED) is 0.711. The van der Waals surface area contributed by atoms with Gasteiger partial charge in [-0.25, -0.2) is 0 Å². The second-order valence-electron chi connectivity index (χ2n) is 4.35. The Bertz CT molecular complexity index is 154. The Balaban J connectivity index is 2.10. The van der Waals surface area contributed by atoms with E-state index in [1.54, 1.807) is 0 Å². The van der Waals surface area contributed by atoms with Gasteiger partial charge in [-0.3, -0.25) is 0 Å². The molecule has 1 fully saturated rings. The van der Waals surface area contributed by atoms with Crippen LogP contribution in [0.5, 0.6) is 0 Å². The maximum Gasteiger partial charge on any atom is 0.0147 e. The third kappa shape index (κ3) is 5.04. The smallest absolute Gasteiger partial charge is 0.0147 e. The molecule has 2 atom stereocenters. The van der Waals surface area contributed by atoms with E-state index in [9.17, 15) is 0 Å². The first-order valence-electron chi connectivity index (χ1n) is 5.62. The summed E-state index contributed by atoms with van der Waals surface area (Å²) in [5.74, 6) is 2.20. The summed E-state index contributed by atoms with van der Waals surface area (Å²) in [5, 5.41) is 2.00. The maximum atomic E-state index is 3.51. The summed E-state index contributed by atoms with van der Waals surface area (Å²) in [7, 11) is 0. The molecule has 0 N–H and O–H groups in total. The Morgan fingerprint density at radius 3 is 2.93 bits per heavy atom. The zero-order chi connectivity index (χ0) is 10.4. The van der Waals surface area contributed by atoms with Crippen molar-refractivity contribution in [3.05, 3.63) is 0 Å². The molecule has 1 heterocycles. The molecule has 1 aliphatic rings. The molecular weight excluding hydrogens is 258 g/mol. The van der Waals surface area contributed by atoms with E-state index < -0.39 is 0 Å². The summed E-state index contributed by atoms with van der Waals surface area (Å²) in [6, 6.07) is 0. The Labute approximate surface area is 101 Å². The summed E-state index contributed by atoms with van der Waals surface area (Å²) < 4.78 is 0. The van der Waals surface area contributed by atoms with Gasteiger partial charge in [0.25, 0.3) is 0 Å². The third-order valence-electron chi connectivity index (χ3n) is 2.87. The molecule has 1 saturated heterocycles. The monoisotopic (exact) mass is 279 g/mol. The fraction of sp³-hybridized carbons (Fsp3) is 1.00. The number of rotatable bonds is 5. The van der Waals surface area contributed by atoms with E-state index >= 15 is 0 Å². The SMILES string of the molecule is CC(CCBr)CCN1CCSC(C)C1. The average Bonchev–Trinajstić information content (AvgIpc) is 2.15. The van der Waals surface area contributed by atoms with Crippen molar-refractivity contribution in [3.8, 4) is 0 Å². The highest BCUT2D eigenvalue weighted by Crippen LogP contribution is 2.19. The van der Waals surface area contributed by atoms with E-state index in [0.29, 0.717) is 0 Å². The summed E-state index contributed by atoms with van der Waals surface area (Å²) in [4.78, 5) is 2.63. The Hall–Kier alpha value is 0.790. The molecule has 0 bridgehead atoms. The number of halogens is 1. The predicted molar refractivity (Wildman–Crippen MR) is 70.6 cm³/mol. The molecule has 3 heteroatoms. The molecule has 1 rings (SSSR count). The third-order valence-corrected chi connectivity index (χ3v) is 4.46. The van der Waals surface area contributed by atoms with Crippen molar-refractivity contribution in [3.63, 3.8) is 0 Å². The van der Waals surface area contributed by atoms with E-state index in [1.165, 1.54) is 38.2 Å². The van der Waals surface area contributed by atoms with Crippen molar-refractivity contribution >= 4 is 27.7 Å². The summed E-state index contributed by atoms with van der Waals surface area (Å²) in [6.07, 6.45) is 2.68. The fourth-order valence-electron chi connectivity index (χ4n) is 1.83. The molecule has 0 spiro atoms. The molecule has 0 aromatic carbocycles.